The van der Waals surface area contributed by atoms with Crippen molar-refractivity contribution >= 4 is 5.78 Å². The molecule has 0 amide bonds. The average Bonchev–Trinajstić information content (AvgIpc) is 2.46. The smallest absolute Gasteiger partial charge is 0.182 e. The molecule has 1 rings (SSSR count). The molecule has 3 atom stereocenters. The van der Waals surface area contributed by atoms with Gasteiger partial charge in [-0.2, -0.15) is 21.0 Å². The van der Waals surface area contributed by atoms with Crippen molar-refractivity contribution in [2.45, 2.75) is 33.6 Å². The summed E-state index contributed by atoms with van der Waals surface area (Å²) in [5, 5.41) is 37.2. The van der Waals surface area contributed by atoms with Crippen LogP contribution in [0.5, 0.6) is 0 Å². The van der Waals surface area contributed by atoms with Crippen LogP contribution in [0.25, 0.3) is 0 Å². The monoisotopic (exact) mass is 282 g/mol. The van der Waals surface area contributed by atoms with Crippen LogP contribution in [0.1, 0.15) is 33.6 Å². The summed E-state index contributed by atoms with van der Waals surface area (Å²) in [6.07, 6.45) is 1.44. The third-order valence-electron chi connectivity index (χ3n) is 4.55. The van der Waals surface area contributed by atoms with Crippen molar-refractivity contribution in [1.29, 1.82) is 21.0 Å². The first-order chi connectivity index (χ1) is 9.89. The molecule has 0 N–H and O–H groups in total. The lowest BCUT2D eigenvalue weighted by molar-refractivity contribution is -0.136. The summed E-state index contributed by atoms with van der Waals surface area (Å²) in [5.74, 6) is -2.73. The predicted octanol–water partition coefficient (Wildman–Crippen LogP) is 2.57. The third kappa shape index (κ3) is 2.61. The van der Waals surface area contributed by atoms with Gasteiger partial charge in [-0.3, -0.25) is 4.79 Å². The third-order valence-corrected chi connectivity index (χ3v) is 4.55. The van der Waals surface area contributed by atoms with Crippen molar-refractivity contribution < 1.29 is 4.79 Å². The summed E-state index contributed by atoms with van der Waals surface area (Å²) in [4.78, 5) is 12.8. The highest BCUT2D eigenvalue weighted by Gasteiger charge is 2.55. The summed E-state index contributed by atoms with van der Waals surface area (Å²) in [5.41, 5.74) is -1.88. The Morgan fingerprint density at radius 2 is 1.62 bits per heavy atom. The first-order valence-corrected chi connectivity index (χ1v) is 7.05. The molecule has 0 aromatic rings. The van der Waals surface area contributed by atoms with Gasteiger partial charge in [0.05, 0.1) is 30.2 Å². The molecule has 108 valence electrons. The molecule has 1 aliphatic rings. The highest BCUT2D eigenvalue weighted by atomic mass is 16.1. The van der Waals surface area contributed by atoms with Crippen LogP contribution < -0.4 is 0 Å². The lowest BCUT2D eigenvalue weighted by Gasteiger charge is -2.40. The van der Waals surface area contributed by atoms with Gasteiger partial charge in [-0.05, 0) is 24.7 Å². The molecule has 1 saturated carbocycles. The van der Waals surface area contributed by atoms with E-state index in [4.69, 9.17) is 10.5 Å². The van der Waals surface area contributed by atoms with Crippen molar-refractivity contribution in [3.63, 3.8) is 0 Å². The number of ketones is 1. The zero-order valence-corrected chi connectivity index (χ0v) is 12.5. The minimum absolute atomic E-state index is 0.116. The van der Waals surface area contributed by atoms with Crippen molar-refractivity contribution in [3.8, 4) is 24.3 Å². The van der Waals surface area contributed by atoms with E-state index < -0.39 is 17.3 Å². The Hall–Kier alpha value is -2.37. The Balaban J connectivity index is 3.41. The minimum Gasteiger partial charge on any atom is -0.299 e. The highest BCUT2D eigenvalue weighted by Crippen LogP contribution is 2.47. The molecular formula is C16H18N4O. The van der Waals surface area contributed by atoms with Gasteiger partial charge in [0.2, 0.25) is 0 Å². The number of carbonyl (C=O) groups is 1. The number of Topliss-reactive ketones (excluding diaryl/α,β-unsaturated/α-hetero) is 1. The van der Waals surface area contributed by atoms with Gasteiger partial charge in [0.25, 0.3) is 0 Å². The second-order valence-corrected chi connectivity index (χ2v) is 6.07. The van der Waals surface area contributed by atoms with Crippen LogP contribution in [-0.4, -0.2) is 5.78 Å². The number of rotatable bonds is 3. The van der Waals surface area contributed by atoms with Gasteiger partial charge in [0, 0.05) is 5.92 Å². The van der Waals surface area contributed by atoms with E-state index in [-0.39, 0.29) is 23.5 Å². The summed E-state index contributed by atoms with van der Waals surface area (Å²) >= 11 is 0. The van der Waals surface area contributed by atoms with E-state index in [2.05, 4.69) is 0 Å². The van der Waals surface area contributed by atoms with Crippen molar-refractivity contribution in [1.82, 2.24) is 0 Å². The fraction of sp³-hybridized carbons (Fsp3) is 0.688. The minimum atomic E-state index is -1.88. The Labute approximate surface area is 125 Å². The molecule has 0 bridgehead atoms. The number of nitriles is 4. The van der Waals surface area contributed by atoms with E-state index in [1.807, 2.05) is 32.9 Å². The molecular weight excluding hydrogens is 264 g/mol. The van der Waals surface area contributed by atoms with Gasteiger partial charge in [0.15, 0.2) is 11.3 Å². The van der Waals surface area contributed by atoms with E-state index in [0.29, 0.717) is 6.42 Å². The van der Waals surface area contributed by atoms with Crippen LogP contribution in [0.2, 0.25) is 0 Å². The van der Waals surface area contributed by atoms with Crippen LogP contribution >= 0.6 is 0 Å². The van der Waals surface area contributed by atoms with Crippen LogP contribution in [0.15, 0.2) is 0 Å². The summed E-state index contributed by atoms with van der Waals surface area (Å²) in [6.45, 7) is 5.68. The quantitative estimate of drug-likeness (QED) is 0.789. The molecule has 0 spiro atoms. The SMILES string of the molecule is CC(C)[C@@H]1CC[C@H](C)[C@H](C(C#N)(C#N)C(C#N)C#N)C1=O. The maximum atomic E-state index is 12.8. The highest BCUT2D eigenvalue weighted by molar-refractivity contribution is 5.86. The summed E-state index contributed by atoms with van der Waals surface area (Å²) in [6, 6.07) is 7.10. The van der Waals surface area contributed by atoms with Crippen molar-refractivity contribution in [2.24, 2.45) is 35.0 Å². The molecule has 21 heavy (non-hydrogen) atoms. The zero-order chi connectivity index (χ0) is 16.2. The zero-order valence-electron chi connectivity index (χ0n) is 12.5. The van der Waals surface area contributed by atoms with Crippen LogP contribution in [0.4, 0.5) is 0 Å². The molecule has 0 heterocycles. The van der Waals surface area contributed by atoms with E-state index >= 15 is 0 Å². The lowest BCUT2D eigenvalue weighted by Crippen LogP contribution is -2.48. The van der Waals surface area contributed by atoms with Gasteiger partial charge < -0.3 is 0 Å². The molecule has 5 nitrogen and oxygen atoms in total. The van der Waals surface area contributed by atoms with Gasteiger partial charge in [-0.15, -0.1) is 0 Å². The number of carbonyl (C=O) groups excluding carboxylic acids is 1. The molecule has 0 aliphatic heterocycles. The van der Waals surface area contributed by atoms with Crippen LogP contribution in [0, 0.1) is 80.3 Å². The first-order valence-electron chi connectivity index (χ1n) is 7.05. The predicted molar refractivity (Wildman–Crippen MR) is 73.6 cm³/mol. The van der Waals surface area contributed by atoms with E-state index in [0.717, 1.165) is 6.42 Å². The number of hydrogen-bond acceptors (Lipinski definition) is 5. The summed E-state index contributed by atoms with van der Waals surface area (Å²) in [7, 11) is 0. The molecule has 0 aromatic heterocycles. The summed E-state index contributed by atoms with van der Waals surface area (Å²) < 4.78 is 0. The maximum absolute atomic E-state index is 12.8. The van der Waals surface area contributed by atoms with Crippen LogP contribution in [-0.2, 0) is 4.79 Å². The number of hydrogen-bond donors (Lipinski definition) is 0. The fourth-order valence-electron chi connectivity index (χ4n) is 3.30. The van der Waals surface area contributed by atoms with Crippen LogP contribution in [0.3, 0.4) is 0 Å². The lowest BCUT2D eigenvalue weighted by atomic mass is 9.57. The van der Waals surface area contributed by atoms with Gasteiger partial charge in [-0.25, -0.2) is 0 Å². The first kappa shape index (κ1) is 16.7. The van der Waals surface area contributed by atoms with E-state index in [1.54, 1.807) is 12.1 Å². The van der Waals surface area contributed by atoms with E-state index in [1.165, 1.54) is 0 Å². The Kier molecular flexibility index (Phi) is 5.07. The Bertz CT molecular complexity index is 553. The Morgan fingerprint density at radius 1 is 1.10 bits per heavy atom. The number of nitrogens with zero attached hydrogens (tertiary/aromatic N) is 4. The largest absolute Gasteiger partial charge is 0.299 e. The average molecular weight is 282 g/mol. The molecule has 1 fully saturated rings. The second kappa shape index (κ2) is 6.39. The van der Waals surface area contributed by atoms with Crippen molar-refractivity contribution in [3.05, 3.63) is 0 Å². The van der Waals surface area contributed by atoms with Gasteiger partial charge in [-0.1, -0.05) is 20.8 Å². The molecule has 0 aromatic carbocycles. The molecule has 0 radical (unpaired) electrons. The fourth-order valence-corrected chi connectivity index (χ4v) is 3.30. The van der Waals surface area contributed by atoms with Crippen molar-refractivity contribution in [2.75, 3.05) is 0 Å². The van der Waals surface area contributed by atoms with E-state index in [9.17, 15) is 15.3 Å². The second-order valence-electron chi connectivity index (χ2n) is 6.07. The molecule has 1 aliphatic carbocycles. The normalized spacial score (nSPS) is 25.8. The standard InChI is InChI=1S/C16H18N4O/c1-10(2)13-5-4-11(3)14(15(13)21)16(8-19,9-20)12(6-17)7-18/h10-14H,4-5H2,1-3H3/t11-,13-,14-/m0/s1. The topological polar surface area (TPSA) is 112 Å². The maximum Gasteiger partial charge on any atom is 0.182 e. The Morgan fingerprint density at radius 3 is 2.00 bits per heavy atom. The van der Waals surface area contributed by atoms with Gasteiger partial charge >= 0.3 is 0 Å². The molecule has 0 unspecified atom stereocenters. The van der Waals surface area contributed by atoms with Gasteiger partial charge in [0.1, 0.15) is 5.78 Å². The molecule has 5 heteroatoms. The molecule has 0 saturated heterocycles.